The van der Waals surface area contributed by atoms with Crippen molar-refractivity contribution in [2.75, 3.05) is 11.1 Å². The smallest absolute Gasteiger partial charge is 0.271 e. The van der Waals surface area contributed by atoms with Crippen LogP contribution < -0.4 is 11.1 Å². The largest absolute Gasteiger partial charge is 0.369 e. The lowest BCUT2D eigenvalue weighted by Crippen LogP contribution is -2.12. The second-order valence-corrected chi connectivity index (χ2v) is 6.22. The van der Waals surface area contributed by atoms with E-state index < -0.39 is 5.91 Å². The maximum atomic E-state index is 11.8. The van der Waals surface area contributed by atoms with Gasteiger partial charge in [-0.1, -0.05) is 27.6 Å². The third-order valence-electron chi connectivity index (χ3n) is 1.82. The van der Waals surface area contributed by atoms with Crippen LogP contribution in [0.25, 0.3) is 0 Å². The number of thioether (sulfide) groups is 1. The summed E-state index contributed by atoms with van der Waals surface area (Å²) in [6.45, 7) is 1.70. The highest BCUT2D eigenvalue weighted by atomic mass is 32.2. The Morgan fingerprint density at radius 3 is 2.79 bits per heavy atom. The molecule has 0 saturated carbocycles. The molecule has 0 aromatic carbocycles. The molecule has 0 radical (unpaired) electrons. The minimum atomic E-state index is -0.433. The summed E-state index contributed by atoms with van der Waals surface area (Å²) in [5.74, 6) is -0.632. The first kappa shape index (κ1) is 13.8. The number of nitrogens with zero attached hydrogens (tertiary/aromatic N) is 4. The van der Waals surface area contributed by atoms with E-state index in [0.29, 0.717) is 20.0 Å². The molecule has 0 aliphatic carbocycles. The van der Waals surface area contributed by atoms with Gasteiger partial charge in [-0.25, -0.2) is 0 Å². The van der Waals surface area contributed by atoms with Gasteiger partial charge < -0.3 is 5.73 Å². The summed E-state index contributed by atoms with van der Waals surface area (Å²) in [4.78, 5) is 22.9. The highest BCUT2D eigenvalue weighted by Gasteiger charge is 2.15. The average molecular weight is 316 g/mol. The molecule has 0 unspecified atom stereocenters. The maximum absolute atomic E-state index is 11.8. The Bertz CT molecular complexity index is 609. The Hall–Kier alpha value is -1.59. The molecule has 2 aromatic heterocycles. The van der Waals surface area contributed by atoms with E-state index in [-0.39, 0.29) is 11.7 Å². The zero-order valence-electron chi connectivity index (χ0n) is 9.61. The van der Waals surface area contributed by atoms with Crippen molar-refractivity contribution < 1.29 is 9.59 Å². The van der Waals surface area contributed by atoms with Gasteiger partial charge in [0.2, 0.25) is 11.0 Å². The normalized spacial score (nSPS) is 10.4. The lowest BCUT2D eigenvalue weighted by atomic mass is 10.4. The van der Waals surface area contributed by atoms with Crippen LogP contribution in [0, 0.1) is 6.92 Å². The molecule has 0 aliphatic rings. The lowest BCUT2D eigenvalue weighted by molar-refractivity contribution is -0.115. The number of nitrogens with one attached hydrogen (secondary N) is 1. The molecule has 0 bridgehead atoms. The second-order valence-electron chi connectivity index (χ2n) is 3.27. The fraction of sp³-hybridized carbons (Fsp3) is 0.250. The van der Waals surface area contributed by atoms with Crippen LogP contribution in [0.5, 0.6) is 0 Å². The van der Waals surface area contributed by atoms with Crippen LogP contribution in [0.15, 0.2) is 4.34 Å². The van der Waals surface area contributed by atoms with Crippen LogP contribution in [0.3, 0.4) is 0 Å². The molecular weight excluding hydrogens is 308 g/mol. The molecule has 2 rings (SSSR count). The van der Waals surface area contributed by atoms with Gasteiger partial charge in [0.25, 0.3) is 5.91 Å². The quantitative estimate of drug-likeness (QED) is 0.609. The molecule has 0 fully saturated rings. The van der Waals surface area contributed by atoms with E-state index in [1.165, 1.54) is 23.1 Å². The van der Waals surface area contributed by atoms with Crippen molar-refractivity contribution in [3.05, 3.63) is 10.6 Å². The Morgan fingerprint density at radius 2 is 2.16 bits per heavy atom. The fourth-order valence-corrected chi connectivity index (χ4v) is 3.08. The first-order chi connectivity index (χ1) is 9.06. The number of rotatable bonds is 5. The molecule has 11 heteroatoms. The molecule has 2 aromatic rings. The van der Waals surface area contributed by atoms with E-state index in [1.807, 2.05) is 0 Å². The van der Waals surface area contributed by atoms with Gasteiger partial charge in [-0.05, 0) is 18.5 Å². The third-order valence-corrected chi connectivity index (χ3v) is 4.64. The van der Waals surface area contributed by atoms with Gasteiger partial charge in [-0.3, -0.25) is 14.9 Å². The van der Waals surface area contributed by atoms with Crippen molar-refractivity contribution in [3.63, 3.8) is 0 Å². The molecular formula is C8H8N6O2S3. The summed E-state index contributed by atoms with van der Waals surface area (Å²) in [7, 11) is 0. The van der Waals surface area contributed by atoms with Crippen LogP contribution >= 0.6 is 34.6 Å². The molecule has 8 nitrogen and oxygen atoms in total. The fourth-order valence-electron chi connectivity index (χ4n) is 1.05. The van der Waals surface area contributed by atoms with Gasteiger partial charge >= 0.3 is 0 Å². The van der Waals surface area contributed by atoms with Crippen molar-refractivity contribution in [1.82, 2.24) is 19.8 Å². The summed E-state index contributed by atoms with van der Waals surface area (Å²) in [6, 6.07) is 0. The van der Waals surface area contributed by atoms with Crippen LogP contribution in [-0.2, 0) is 4.79 Å². The van der Waals surface area contributed by atoms with Crippen molar-refractivity contribution in [1.29, 1.82) is 0 Å². The standard InChI is InChI=1S/C8H8N6O2S3/c1-3-5(19-14-11-3)6(16)10-7-12-13-8(18-7)17-2-4(9)15/h2H2,1H3,(H2,9,15)(H,10,12,16). The predicted octanol–water partition coefficient (Wildman–Crippen LogP) is 0.528. The number of amides is 2. The topological polar surface area (TPSA) is 124 Å². The SMILES string of the molecule is Cc1nnsc1C(=O)Nc1nnc(SCC(N)=O)s1. The van der Waals surface area contributed by atoms with E-state index in [4.69, 9.17) is 5.73 Å². The molecule has 2 amide bonds. The number of nitrogens with two attached hydrogens (primary N) is 1. The van der Waals surface area contributed by atoms with Gasteiger partial charge in [0, 0.05) is 0 Å². The van der Waals surface area contributed by atoms with E-state index >= 15 is 0 Å². The number of hydrogen-bond acceptors (Lipinski definition) is 9. The number of primary amides is 1. The molecule has 2 heterocycles. The summed E-state index contributed by atoms with van der Waals surface area (Å²) in [5, 5.41) is 14.3. The molecule has 0 atom stereocenters. The average Bonchev–Trinajstić information content (AvgIpc) is 2.95. The Balaban J connectivity index is 1.98. The second kappa shape index (κ2) is 6.04. The minimum Gasteiger partial charge on any atom is -0.369 e. The highest BCUT2D eigenvalue weighted by Crippen LogP contribution is 2.25. The van der Waals surface area contributed by atoms with E-state index in [9.17, 15) is 9.59 Å². The van der Waals surface area contributed by atoms with Crippen LogP contribution in [0.2, 0.25) is 0 Å². The van der Waals surface area contributed by atoms with E-state index in [0.717, 1.165) is 11.5 Å². The van der Waals surface area contributed by atoms with Crippen LogP contribution in [0.1, 0.15) is 15.4 Å². The molecule has 100 valence electrons. The lowest BCUT2D eigenvalue weighted by Gasteiger charge is -1.96. The Labute approximate surface area is 120 Å². The summed E-state index contributed by atoms with van der Waals surface area (Å²) >= 11 is 3.36. The molecule has 0 spiro atoms. The number of carbonyl (C=O) groups is 2. The van der Waals surface area contributed by atoms with Crippen molar-refractivity contribution in [2.24, 2.45) is 5.73 Å². The van der Waals surface area contributed by atoms with Gasteiger partial charge in [0.15, 0.2) is 4.34 Å². The highest BCUT2D eigenvalue weighted by molar-refractivity contribution is 8.01. The number of carbonyl (C=O) groups excluding carboxylic acids is 2. The number of aromatic nitrogens is 4. The van der Waals surface area contributed by atoms with Crippen molar-refractivity contribution >= 4 is 51.6 Å². The Morgan fingerprint density at radius 1 is 1.37 bits per heavy atom. The first-order valence-corrected chi connectivity index (χ1v) is 7.48. The van der Waals surface area contributed by atoms with Crippen molar-refractivity contribution in [2.45, 2.75) is 11.3 Å². The Kier molecular flexibility index (Phi) is 4.39. The van der Waals surface area contributed by atoms with Gasteiger partial charge in [0.05, 0.1) is 11.4 Å². The predicted molar refractivity (Wildman–Crippen MR) is 72.4 cm³/mol. The monoisotopic (exact) mass is 316 g/mol. The van der Waals surface area contributed by atoms with Gasteiger partial charge in [-0.15, -0.1) is 15.3 Å². The molecule has 0 aliphatic heterocycles. The van der Waals surface area contributed by atoms with E-state index in [2.05, 4.69) is 25.1 Å². The molecule has 3 N–H and O–H groups in total. The minimum absolute atomic E-state index is 0.125. The summed E-state index contributed by atoms with van der Waals surface area (Å²) < 4.78 is 4.24. The zero-order valence-corrected chi connectivity index (χ0v) is 12.1. The van der Waals surface area contributed by atoms with Gasteiger partial charge in [0.1, 0.15) is 4.88 Å². The molecule has 19 heavy (non-hydrogen) atoms. The summed E-state index contributed by atoms with van der Waals surface area (Å²) in [6.07, 6.45) is 0. The van der Waals surface area contributed by atoms with E-state index in [1.54, 1.807) is 6.92 Å². The number of hydrogen-bond donors (Lipinski definition) is 2. The maximum Gasteiger partial charge on any atom is 0.271 e. The number of anilines is 1. The first-order valence-electron chi connectivity index (χ1n) is 4.91. The molecule has 0 saturated heterocycles. The zero-order chi connectivity index (χ0) is 13.8. The van der Waals surface area contributed by atoms with Crippen molar-refractivity contribution in [3.8, 4) is 0 Å². The third kappa shape index (κ3) is 3.68. The van der Waals surface area contributed by atoms with Crippen LogP contribution in [-0.4, -0.2) is 37.4 Å². The van der Waals surface area contributed by atoms with Crippen LogP contribution in [0.4, 0.5) is 5.13 Å². The summed E-state index contributed by atoms with van der Waals surface area (Å²) in [5.41, 5.74) is 5.59. The van der Waals surface area contributed by atoms with Gasteiger partial charge in [-0.2, -0.15) is 0 Å². The number of aryl methyl sites for hydroxylation is 1.